The summed E-state index contributed by atoms with van der Waals surface area (Å²) in [5.74, 6) is 1.02. The van der Waals surface area contributed by atoms with E-state index >= 15 is 0 Å². The zero-order valence-electron chi connectivity index (χ0n) is 8.14. The number of hydrogen-bond acceptors (Lipinski definition) is 5. The standard InChI is InChI=1S/C9H12N6/c10-9-13-4-2-8(15-9)12-3-1-7-5-11-6-14-7/h2,4-6H,1,3H2,(H,11,14)(H3,10,12,13,15). The highest BCUT2D eigenvalue weighted by Crippen LogP contribution is 2.02. The molecule has 0 aliphatic heterocycles. The number of hydrogen-bond donors (Lipinski definition) is 3. The van der Waals surface area contributed by atoms with Gasteiger partial charge >= 0.3 is 0 Å². The minimum Gasteiger partial charge on any atom is -0.370 e. The topological polar surface area (TPSA) is 92.5 Å². The molecule has 0 saturated carbocycles. The lowest BCUT2D eigenvalue weighted by Gasteiger charge is -2.03. The summed E-state index contributed by atoms with van der Waals surface area (Å²) in [6.07, 6.45) is 5.96. The van der Waals surface area contributed by atoms with Crippen LogP contribution in [0, 0.1) is 0 Å². The van der Waals surface area contributed by atoms with E-state index in [2.05, 4.69) is 25.3 Å². The van der Waals surface area contributed by atoms with Gasteiger partial charge in [-0.25, -0.2) is 9.97 Å². The predicted octanol–water partition coefficient (Wildman–Crippen LogP) is 0.436. The van der Waals surface area contributed by atoms with Gasteiger partial charge in [-0.15, -0.1) is 0 Å². The van der Waals surface area contributed by atoms with Crippen molar-refractivity contribution in [2.45, 2.75) is 6.42 Å². The first kappa shape index (κ1) is 9.45. The van der Waals surface area contributed by atoms with Gasteiger partial charge in [-0.2, -0.15) is 4.98 Å². The molecule has 78 valence electrons. The Morgan fingerprint density at radius 2 is 2.40 bits per heavy atom. The number of aromatic nitrogens is 4. The number of rotatable bonds is 4. The predicted molar refractivity (Wildman–Crippen MR) is 57.2 cm³/mol. The van der Waals surface area contributed by atoms with E-state index in [1.54, 1.807) is 24.8 Å². The van der Waals surface area contributed by atoms with Crippen LogP contribution in [-0.2, 0) is 6.42 Å². The monoisotopic (exact) mass is 204 g/mol. The highest BCUT2D eigenvalue weighted by atomic mass is 15.1. The molecule has 6 heteroatoms. The molecule has 0 fully saturated rings. The number of nitrogens with zero attached hydrogens (tertiary/aromatic N) is 3. The second-order valence-electron chi connectivity index (χ2n) is 3.05. The first-order valence-electron chi connectivity index (χ1n) is 4.64. The Balaban J connectivity index is 1.83. The molecule has 0 aromatic carbocycles. The number of anilines is 2. The molecule has 0 unspecified atom stereocenters. The number of nitrogens with two attached hydrogens (primary N) is 1. The summed E-state index contributed by atoms with van der Waals surface area (Å²) >= 11 is 0. The van der Waals surface area contributed by atoms with Crippen LogP contribution >= 0.6 is 0 Å². The molecule has 0 aliphatic carbocycles. The second-order valence-corrected chi connectivity index (χ2v) is 3.05. The van der Waals surface area contributed by atoms with E-state index in [1.807, 2.05) is 0 Å². The van der Waals surface area contributed by atoms with Gasteiger partial charge < -0.3 is 16.0 Å². The average Bonchev–Trinajstić information content (AvgIpc) is 2.71. The first-order valence-corrected chi connectivity index (χ1v) is 4.64. The van der Waals surface area contributed by atoms with E-state index in [9.17, 15) is 0 Å². The summed E-state index contributed by atoms with van der Waals surface area (Å²) < 4.78 is 0. The maximum absolute atomic E-state index is 5.45. The van der Waals surface area contributed by atoms with Crippen LogP contribution in [0.5, 0.6) is 0 Å². The fraction of sp³-hybridized carbons (Fsp3) is 0.222. The van der Waals surface area contributed by atoms with Gasteiger partial charge in [-0.1, -0.05) is 0 Å². The molecule has 0 saturated heterocycles. The fourth-order valence-electron chi connectivity index (χ4n) is 1.22. The van der Waals surface area contributed by atoms with Crippen LogP contribution in [0.1, 0.15) is 5.69 Å². The lowest BCUT2D eigenvalue weighted by Crippen LogP contribution is -2.07. The number of H-pyrrole nitrogens is 1. The Hall–Kier alpha value is -2.11. The van der Waals surface area contributed by atoms with Gasteiger partial charge in [0.05, 0.1) is 6.33 Å². The van der Waals surface area contributed by atoms with Crippen LogP contribution in [0.15, 0.2) is 24.8 Å². The fourth-order valence-corrected chi connectivity index (χ4v) is 1.22. The zero-order chi connectivity index (χ0) is 10.5. The number of imidazole rings is 1. The second kappa shape index (κ2) is 4.41. The molecule has 4 N–H and O–H groups in total. The Morgan fingerprint density at radius 1 is 1.47 bits per heavy atom. The zero-order valence-corrected chi connectivity index (χ0v) is 8.14. The summed E-state index contributed by atoms with van der Waals surface area (Å²) in [4.78, 5) is 14.8. The molecule has 2 heterocycles. The Bertz CT molecular complexity index is 410. The molecule has 6 nitrogen and oxygen atoms in total. The molecule has 2 aromatic heterocycles. The van der Waals surface area contributed by atoms with Gasteiger partial charge in [-0.05, 0) is 6.07 Å². The molecule has 0 aliphatic rings. The third kappa shape index (κ3) is 2.67. The van der Waals surface area contributed by atoms with Gasteiger partial charge in [-0.3, -0.25) is 0 Å². The Morgan fingerprint density at radius 3 is 3.13 bits per heavy atom. The minimum absolute atomic E-state index is 0.279. The molecule has 2 aromatic rings. The SMILES string of the molecule is Nc1nccc(NCCc2cnc[nH]2)n1. The molecular formula is C9H12N6. The summed E-state index contributed by atoms with van der Waals surface area (Å²) in [7, 11) is 0. The van der Waals surface area contributed by atoms with Gasteiger partial charge in [0.15, 0.2) is 0 Å². The average molecular weight is 204 g/mol. The largest absolute Gasteiger partial charge is 0.370 e. The van der Waals surface area contributed by atoms with Gasteiger partial charge in [0.1, 0.15) is 5.82 Å². The lowest BCUT2D eigenvalue weighted by molar-refractivity contribution is 0.965. The van der Waals surface area contributed by atoms with E-state index in [4.69, 9.17) is 5.73 Å². The van der Waals surface area contributed by atoms with Crippen molar-refractivity contribution in [2.24, 2.45) is 0 Å². The summed E-state index contributed by atoms with van der Waals surface area (Å²) in [6, 6.07) is 1.78. The van der Waals surface area contributed by atoms with Crippen LogP contribution < -0.4 is 11.1 Å². The molecule has 0 radical (unpaired) electrons. The normalized spacial score (nSPS) is 10.1. The molecule has 0 amide bonds. The molecule has 2 rings (SSSR count). The van der Waals surface area contributed by atoms with Crippen LogP contribution in [0.25, 0.3) is 0 Å². The Labute approximate surface area is 87.0 Å². The molecule has 0 bridgehead atoms. The van der Waals surface area contributed by atoms with Crippen molar-refractivity contribution in [1.29, 1.82) is 0 Å². The van der Waals surface area contributed by atoms with Crippen LogP contribution in [-0.4, -0.2) is 26.5 Å². The lowest BCUT2D eigenvalue weighted by atomic mass is 10.3. The molecule has 15 heavy (non-hydrogen) atoms. The number of nitrogen functional groups attached to an aromatic ring is 1. The quantitative estimate of drug-likeness (QED) is 0.671. The van der Waals surface area contributed by atoms with E-state index in [0.29, 0.717) is 0 Å². The molecule has 0 atom stereocenters. The van der Waals surface area contributed by atoms with Crippen molar-refractivity contribution in [3.05, 3.63) is 30.5 Å². The van der Waals surface area contributed by atoms with Crippen LogP contribution in [0.3, 0.4) is 0 Å². The third-order valence-corrected chi connectivity index (χ3v) is 1.93. The van der Waals surface area contributed by atoms with Crippen LogP contribution in [0.2, 0.25) is 0 Å². The van der Waals surface area contributed by atoms with E-state index in [1.165, 1.54) is 0 Å². The smallest absolute Gasteiger partial charge is 0.221 e. The summed E-state index contributed by atoms with van der Waals surface area (Å²) in [6.45, 7) is 0.776. The minimum atomic E-state index is 0.279. The van der Waals surface area contributed by atoms with Crippen molar-refractivity contribution in [2.75, 3.05) is 17.6 Å². The van der Waals surface area contributed by atoms with Crippen molar-refractivity contribution in [3.63, 3.8) is 0 Å². The highest BCUT2D eigenvalue weighted by Gasteiger charge is 1.96. The summed E-state index contributed by atoms with van der Waals surface area (Å²) in [5, 5.41) is 3.14. The van der Waals surface area contributed by atoms with Gasteiger partial charge in [0.2, 0.25) is 5.95 Å². The molecule has 0 spiro atoms. The first-order chi connectivity index (χ1) is 7.34. The van der Waals surface area contributed by atoms with Crippen molar-refractivity contribution in [1.82, 2.24) is 19.9 Å². The maximum atomic E-state index is 5.45. The third-order valence-electron chi connectivity index (χ3n) is 1.93. The van der Waals surface area contributed by atoms with Crippen molar-refractivity contribution in [3.8, 4) is 0 Å². The number of aromatic amines is 1. The van der Waals surface area contributed by atoms with Gasteiger partial charge in [0, 0.05) is 31.1 Å². The van der Waals surface area contributed by atoms with Gasteiger partial charge in [0.25, 0.3) is 0 Å². The summed E-state index contributed by atoms with van der Waals surface area (Å²) in [5.41, 5.74) is 6.53. The Kier molecular flexibility index (Phi) is 2.77. The van der Waals surface area contributed by atoms with E-state index in [-0.39, 0.29) is 5.95 Å². The van der Waals surface area contributed by atoms with E-state index < -0.39 is 0 Å². The van der Waals surface area contributed by atoms with Crippen molar-refractivity contribution >= 4 is 11.8 Å². The molecular weight excluding hydrogens is 192 g/mol. The maximum Gasteiger partial charge on any atom is 0.221 e. The number of nitrogens with one attached hydrogen (secondary N) is 2. The highest BCUT2D eigenvalue weighted by molar-refractivity contribution is 5.37. The van der Waals surface area contributed by atoms with Crippen LogP contribution in [0.4, 0.5) is 11.8 Å². The van der Waals surface area contributed by atoms with Crippen molar-refractivity contribution < 1.29 is 0 Å². The van der Waals surface area contributed by atoms with E-state index in [0.717, 1.165) is 24.5 Å².